The predicted molar refractivity (Wildman–Crippen MR) is 79.9 cm³/mol. The van der Waals surface area contributed by atoms with Crippen molar-refractivity contribution in [2.24, 2.45) is 0 Å². The van der Waals surface area contributed by atoms with Crippen LogP contribution in [-0.4, -0.2) is 24.3 Å². The normalized spacial score (nSPS) is 13.1. The molecule has 0 spiro atoms. The van der Waals surface area contributed by atoms with E-state index >= 15 is 0 Å². The second kappa shape index (κ2) is 7.12. The van der Waals surface area contributed by atoms with Crippen molar-refractivity contribution in [1.29, 1.82) is 0 Å². The van der Waals surface area contributed by atoms with Crippen molar-refractivity contribution in [1.82, 2.24) is 10.6 Å². The fourth-order valence-electron chi connectivity index (χ4n) is 1.34. The second-order valence-corrected chi connectivity index (χ2v) is 6.83. The van der Waals surface area contributed by atoms with Crippen LogP contribution in [0.2, 0.25) is 5.02 Å². The average molecular weight is 305 g/mol. The summed E-state index contributed by atoms with van der Waals surface area (Å²) in [6.45, 7) is 8.80. The first-order valence-electron chi connectivity index (χ1n) is 6.19. The molecule has 6 heteroatoms. The smallest absolute Gasteiger partial charge is 0.407 e. The number of amides is 1. The first-order chi connectivity index (χ1) is 8.76. The molecule has 0 radical (unpaired) electrons. The van der Waals surface area contributed by atoms with Crippen molar-refractivity contribution < 1.29 is 9.53 Å². The molecule has 1 aromatic rings. The molecule has 0 saturated heterocycles. The highest BCUT2D eigenvalue weighted by Crippen LogP contribution is 2.18. The Hall–Kier alpha value is -0.780. The minimum absolute atomic E-state index is 0.161. The van der Waals surface area contributed by atoms with Gasteiger partial charge in [0.1, 0.15) is 5.60 Å². The highest BCUT2D eigenvalue weighted by atomic mass is 35.5. The third-order valence-electron chi connectivity index (χ3n) is 2.20. The van der Waals surface area contributed by atoms with E-state index in [0.717, 1.165) is 11.6 Å². The minimum atomic E-state index is -0.464. The summed E-state index contributed by atoms with van der Waals surface area (Å²) in [5.74, 6) is 0. The van der Waals surface area contributed by atoms with Crippen molar-refractivity contribution in [2.75, 3.05) is 6.54 Å². The van der Waals surface area contributed by atoms with Gasteiger partial charge in [0.2, 0.25) is 0 Å². The molecule has 0 aromatic carbocycles. The summed E-state index contributed by atoms with van der Waals surface area (Å²) in [4.78, 5) is 12.6. The SMILES string of the molecule is CC(CNC(=O)OC(C)(C)C)NCc1cc(Cl)cs1. The lowest BCUT2D eigenvalue weighted by Gasteiger charge is -2.21. The molecule has 1 aromatic heterocycles. The van der Waals surface area contributed by atoms with Crippen LogP contribution in [0.5, 0.6) is 0 Å². The number of nitrogens with one attached hydrogen (secondary N) is 2. The first kappa shape index (κ1) is 16.3. The van der Waals surface area contributed by atoms with Crippen LogP contribution >= 0.6 is 22.9 Å². The summed E-state index contributed by atoms with van der Waals surface area (Å²) in [5.41, 5.74) is -0.464. The Bertz CT molecular complexity index is 415. The highest BCUT2D eigenvalue weighted by Gasteiger charge is 2.16. The Balaban J connectivity index is 2.21. The summed E-state index contributed by atoms with van der Waals surface area (Å²) in [6.07, 6.45) is -0.389. The Morgan fingerprint density at radius 3 is 2.74 bits per heavy atom. The van der Waals surface area contributed by atoms with Crippen molar-refractivity contribution in [2.45, 2.75) is 45.9 Å². The third-order valence-corrected chi connectivity index (χ3v) is 3.48. The van der Waals surface area contributed by atoms with E-state index in [9.17, 15) is 4.79 Å². The van der Waals surface area contributed by atoms with Crippen LogP contribution in [-0.2, 0) is 11.3 Å². The molecule has 4 nitrogen and oxygen atoms in total. The van der Waals surface area contributed by atoms with Crippen LogP contribution in [0.15, 0.2) is 11.4 Å². The molecule has 1 heterocycles. The Morgan fingerprint density at radius 2 is 2.21 bits per heavy atom. The molecule has 19 heavy (non-hydrogen) atoms. The summed E-state index contributed by atoms with van der Waals surface area (Å²) < 4.78 is 5.16. The summed E-state index contributed by atoms with van der Waals surface area (Å²) >= 11 is 7.47. The molecule has 0 fully saturated rings. The van der Waals surface area contributed by atoms with Crippen LogP contribution in [0.3, 0.4) is 0 Å². The van der Waals surface area contributed by atoms with Crippen molar-refractivity contribution in [3.8, 4) is 0 Å². The van der Waals surface area contributed by atoms with Crippen molar-refractivity contribution in [3.63, 3.8) is 0 Å². The van der Waals surface area contributed by atoms with Crippen LogP contribution < -0.4 is 10.6 Å². The summed E-state index contributed by atoms with van der Waals surface area (Å²) in [5, 5.41) is 8.72. The molecule has 1 atom stereocenters. The number of thiophene rings is 1. The Kier molecular flexibility index (Phi) is 6.10. The van der Waals surface area contributed by atoms with Crippen LogP contribution in [0.4, 0.5) is 4.79 Å². The number of ether oxygens (including phenoxy) is 1. The molecule has 1 amide bonds. The maximum absolute atomic E-state index is 11.5. The van der Waals surface area contributed by atoms with E-state index in [-0.39, 0.29) is 12.1 Å². The lowest BCUT2D eigenvalue weighted by molar-refractivity contribution is 0.0523. The van der Waals surface area contributed by atoms with Gasteiger partial charge in [0.25, 0.3) is 0 Å². The molecule has 0 saturated carbocycles. The number of halogens is 1. The van der Waals surface area contributed by atoms with Gasteiger partial charge in [-0.2, -0.15) is 0 Å². The maximum atomic E-state index is 11.5. The lowest BCUT2D eigenvalue weighted by Crippen LogP contribution is -2.40. The van der Waals surface area contributed by atoms with E-state index in [4.69, 9.17) is 16.3 Å². The van der Waals surface area contributed by atoms with Gasteiger partial charge in [0, 0.05) is 29.4 Å². The van der Waals surface area contributed by atoms with E-state index in [1.165, 1.54) is 4.88 Å². The lowest BCUT2D eigenvalue weighted by atomic mass is 10.2. The monoisotopic (exact) mass is 304 g/mol. The number of hydrogen-bond acceptors (Lipinski definition) is 4. The largest absolute Gasteiger partial charge is 0.444 e. The number of carbonyl (C=O) groups is 1. The van der Waals surface area contributed by atoms with Gasteiger partial charge in [0.15, 0.2) is 0 Å². The summed E-state index contributed by atoms with van der Waals surface area (Å²) in [6, 6.07) is 2.10. The molecule has 1 unspecified atom stereocenters. The molecule has 0 aliphatic carbocycles. The number of carbonyl (C=O) groups excluding carboxylic acids is 1. The molecule has 0 aliphatic rings. The van der Waals surface area contributed by atoms with Gasteiger partial charge in [-0.1, -0.05) is 11.6 Å². The Labute approximate surface area is 123 Å². The quantitative estimate of drug-likeness (QED) is 0.876. The average Bonchev–Trinajstić information content (AvgIpc) is 2.67. The molecular formula is C13H21ClN2O2S. The molecule has 2 N–H and O–H groups in total. The summed E-state index contributed by atoms with van der Waals surface area (Å²) in [7, 11) is 0. The Morgan fingerprint density at radius 1 is 1.53 bits per heavy atom. The van der Waals surface area contributed by atoms with Gasteiger partial charge in [-0.05, 0) is 33.8 Å². The first-order valence-corrected chi connectivity index (χ1v) is 7.45. The zero-order valence-electron chi connectivity index (χ0n) is 11.7. The molecule has 0 aliphatic heterocycles. The minimum Gasteiger partial charge on any atom is -0.444 e. The van der Waals surface area contributed by atoms with E-state index in [1.807, 2.05) is 39.1 Å². The fourth-order valence-corrected chi connectivity index (χ4v) is 2.37. The highest BCUT2D eigenvalue weighted by molar-refractivity contribution is 7.10. The third kappa shape index (κ3) is 7.40. The van der Waals surface area contributed by atoms with Gasteiger partial charge in [-0.15, -0.1) is 11.3 Å². The zero-order chi connectivity index (χ0) is 14.5. The van der Waals surface area contributed by atoms with Gasteiger partial charge in [-0.3, -0.25) is 0 Å². The van der Waals surface area contributed by atoms with Crippen molar-refractivity contribution >= 4 is 29.0 Å². The zero-order valence-corrected chi connectivity index (χ0v) is 13.3. The molecule has 1 rings (SSSR count). The molecule has 108 valence electrons. The van der Waals surface area contributed by atoms with Gasteiger partial charge < -0.3 is 15.4 Å². The number of rotatable bonds is 5. The van der Waals surface area contributed by atoms with Crippen LogP contribution in [0, 0.1) is 0 Å². The van der Waals surface area contributed by atoms with Crippen LogP contribution in [0.25, 0.3) is 0 Å². The molecular weight excluding hydrogens is 284 g/mol. The van der Waals surface area contributed by atoms with Crippen molar-refractivity contribution in [3.05, 3.63) is 21.3 Å². The number of alkyl carbamates (subject to hydrolysis) is 1. The van der Waals surface area contributed by atoms with E-state index in [2.05, 4.69) is 10.6 Å². The number of hydrogen-bond donors (Lipinski definition) is 2. The van der Waals surface area contributed by atoms with E-state index in [0.29, 0.717) is 6.54 Å². The molecule has 0 bridgehead atoms. The van der Waals surface area contributed by atoms with Gasteiger partial charge in [0.05, 0.1) is 5.02 Å². The second-order valence-electron chi connectivity index (χ2n) is 5.40. The fraction of sp³-hybridized carbons (Fsp3) is 0.615. The predicted octanol–water partition coefficient (Wildman–Crippen LogP) is 3.40. The van der Waals surface area contributed by atoms with E-state index in [1.54, 1.807) is 11.3 Å². The maximum Gasteiger partial charge on any atom is 0.407 e. The standard InChI is InChI=1S/C13H21ClN2O2S/c1-9(6-16-12(17)18-13(2,3)4)15-7-11-5-10(14)8-19-11/h5,8-9,15H,6-7H2,1-4H3,(H,16,17). The van der Waals surface area contributed by atoms with Gasteiger partial charge >= 0.3 is 6.09 Å². The van der Waals surface area contributed by atoms with E-state index < -0.39 is 5.60 Å². The van der Waals surface area contributed by atoms with Crippen LogP contribution in [0.1, 0.15) is 32.6 Å². The van der Waals surface area contributed by atoms with Gasteiger partial charge in [-0.25, -0.2) is 4.79 Å². The topological polar surface area (TPSA) is 50.4 Å².